The maximum atomic E-state index is 5.30. The summed E-state index contributed by atoms with van der Waals surface area (Å²) < 4.78 is 0. The first-order valence-electron chi connectivity index (χ1n) is 3.13. The Kier molecular flexibility index (Phi) is 1.72. The van der Waals surface area contributed by atoms with Crippen LogP contribution in [0.25, 0.3) is 0 Å². The van der Waals surface area contributed by atoms with E-state index in [1.54, 1.807) is 0 Å². The van der Waals surface area contributed by atoms with Crippen molar-refractivity contribution in [3.05, 3.63) is 6.92 Å². The third-order valence-electron chi connectivity index (χ3n) is 1.51. The standard InChI is InChI=1S/C7H12/c1-2-3-4-7-5-6-7/h1,7H,2-6H2. The predicted molar refractivity (Wildman–Crippen MR) is 30.9 cm³/mol. The zero-order chi connectivity index (χ0) is 5.11. The van der Waals surface area contributed by atoms with Crippen LogP contribution in [0.15, 0.2) is 0 Å². The topological polar surface area (TPSA) is 0 Å². The second-order valence-corrected chi connectivity index (χ2v) is 2.37. The van der Waals surface area contributed by atoms with Crippen LogP contribution in [0.5, 0.6) is 0 Å². The summed E-state index contributed by atoms with van der Waals surface area (Å²) >= 11 is 0. The van der Waals surface area contributed by atoms with E-state index in [4.69, 9.17) is 6.92 Å². The van der Waals surface area contributed by atoms with Crippen molar-refractivity contribution in [2.45, 2.75) is 32.1 Å². The molecule has 2 radical (unpaired) electrons. The van der Waals surface area contributed by atoms with Gasteiger partial charge in [-0.2, -0.15) is 0 Å². The minimum Gasteiger partial charge on any atom is -0.0528 e. The molecule has 1 aliphatic rings. The molecule has 1 aliphatic carbocycles. The fraction of sp³-hybridized carbons (Fsp3) is 0.857. The van der Waals surface area contributed by atoms with Crippen LogP contribution in [0.1, 0.15) is 32.1 Å². The molecule has 0 aliphatic heterocycles. The summed E-state index contributed by atoms with van der Waals surface area (Å²) in [6.45, 7) is 5.30. The van der Waals surface area contributed by atoms with Gasteiger partial charge in [-0.05, 0) is 19.3 Å². The molecule has 0 bridgehead atoms. The Hall–Kier alpha value is 0. The van der Waals surface area contributed by atoms with Gasteiger partial charge in [0.25, 0.3) is 0 Å². The molecule has 7 heavy (non-hydrogen) atoms. The molecule has 1 saturated carbocycles. The van der Waals surface area contributed by atoms with Crippen LogP contribution in [-0.2, 0) is 0 Å². The smallest absolute Gasteiger partial charge is 0.0352 e. The lowest BCUT2D eigenvalue weighted by atomic mass is 10.2. The van der Waals surface area contributed by atoms with Crippen LogP contribution < -0.4 is 0 Å². The molecule has 0 saturated heterocycles. The van der Waals surface area contributed by atoms with Crippen LogP contribution in [0.4, 0.5) is 0 Å². The van der Waals surface area contributed by atoms with Crippen molar-refractivity contribution in [2.75, 3.05) is 0 Å². The maximum Gasteiger partial charge on any atom is -0.0352 e. The Balaban J connectivity index is 1.80. The van der Waals surface area contributed by atoms with E-state index in [1.807, 2.05) is 0 Å². The molecule has 0 heteroatoms. The van der Waals surface area contributed by atoms with Gasteiger partial charge >= 0.3 is 0 Å². The highest BCUT2D eigenvalue weighted by Crippen LogP contribution is 2.33. The molecule has 0 aromatic heterocycles. The van der Waals surface area contributed by atoms with Crippen LogP contribution in [0, 0.1) is 12.8 Å². The molecule has 0 heterocycles. The van der Waals surface area contributed by atoms with Crippen molar-refractivity contribution in [1.29, 1.82) is 0 Å². The van der Waals surface area contributed by atoms with E-state index < -0.39 is 0 Å². The van der Waals surface area contributed by atoms with Crippen molar-refractivity contribution in [3.8, 4) is 0 Å². The Morgan fingerprint density at radius 3 is 2.57 bits per heavy atom. The third-order valence-corrected chi connectivity index (χ3v) is 1.51. The molecule has 0 nitrogen and oxygen atoms in total. The lowest BCUT2D eigenvalue weighted by molar-refractivity contribution is 0.674. The Morgan fingerprint density at radius 1 is 1.43 bits per heavy atom. The van der Waals surface area contributed by atoms with Gasteiger partial charge in [0.1, 0.15) is 0 Å². The van der Waals surface area contributed by atoms with Gasteiger partial charge in [-0.25, -0.2) is 0 Å². The number of hydrogen-bond donors (Lipinski definition) is 0. The third kappa shape index (κ3) is 1.96. The first-order chi connectivity index (χ1) is 3.43. The molecular weight excluding hydrogens is 84.1 g/mol. The zero-order valence-electron chi connectivity index (χ0n) is 4.69. The van der Waals surface area contributed by atoms with Crippen molar-refractivity contribution < 1.29 is 0 Å². The van der Waals surface area contributed by atoms with E-state index in [-0.39, 0.29) is 0 Å². The van der Waals surface area contributed by atoms with Crippen molar-refractivity contribution in [2.24, 2.45) is 5.92 Å². The van der Waals surface area contributed by atoms with E-state index in [0.717, 1.165) is 12.3 Å². The summed E-state index contributed by atoms with van der Waals surface area (Å²) in [5.74, 6) is 1.07. The van der Waals surface area contributed by atoms with Crippen LogP contribution in [0.3, 0.4) is 0 Å². The van der Waals surface area contributed by atoms with Gasteiger partial charge in [0, 0.05) is 0 Å². The van der Waals surface area contributed by atoms with Gasteiger partial charge in [-0.3, -0.25) is 0 Å². The summed E-state index contributed by atoms with van der Waals surface area (Å²) in [7, 11) is 0. The molecule has 0 N–H and O–H groups in total. The highest BCUT2D eigenvalue weighted by Gasteiger charge is 2.19. The average molecular weight is 96.2 g/mol. The van der Waals surface area contributed by atoms with Crippen LogP contribution in [0.2, 0.25) is 0 Å². The number of hydrogen-bond acceptors (Lipinski definition) is 0. The first-order valence-corrected chi connectivity index (χ1v) is 3.13. The van der Waals surface area contributed by atoms with E-state index in [9.17, 15) is 0 Å². The van der Waals surface area contributed by atoms with Crippen molar-refractivity contribution >= 4 is 0 Å². The second kappa shape index (κ2) is 2.34. The van der Waals surface area contributed by atoms with Gasteiger partial charge in [-0.15, -0.1) is 0 Å². The molecule has 0 aromatic rings. The molecule has 0 aromatic carbocycles. The molecule has 0 amide bonds. The quantitative estimate of drug-likeness (QED) is 0.505. The maximum absolute atomic E-state index is 5.30. The van der Waals surface area contributed by atoms with E-state index in [1.165, 1.54) is 25.7 Å². The van der Waals surface area contributed by atoms with Gasteiger partial charge in [0.15, 0.2) is 0 Å². The summed E-state index contributed by atoms with van der Waals surface area (Å²) in [4.78, 5) is 0. The summed E-state index contributed by atoms with van der Waals surface area (Å²) in [6.07, 6.45) is 6.46. The molecule has 0 unspecified atom stereocenters. The molecule has 0 atom stereocenters. The largest absolute Gasteiger partial charge is 0.0528 e. The lowest BCUT2D eigenvalue weighted by Gasteiger charge is -1.88. The molecule has 1 fully saturated rings. The van der Waals surface area contributed by atoms with Crippen molar-refractivity contribution in [1.82, 2.24) is 0 Å². The van der Waals surface area contributed by atoms with Gasteiger partial charge in [0.05, 0.1) is 0 Å². The van der Waals surface area contributed by atoms with E-state index >= 15 is 0 Å². The van der Waals surface area contributed by atoms with Crippen LogP contribution in [-0.4, -0.2) is 0 Å². The minimum absolute atomic E-state index is 0.885. The Morgan fingerprint density at radius 2 is 2.14 bits per heavy atom. The SMILES string of the molecule is [CH]CCCC1CC1. The Bertz CT molecular complexity index is 44.0. The molecule has 40 valence electrons. The minimum atomic E-state index is 0.885. The van der Waals surface area contributed by atoms with E-state index in [0.29, 0.717) is 0 Å². The molecule has 0 spiro atoms. The van der Waals surface area contributed by atoms with Gasteiger partial charge in [-0.1, -0.05) is 25.7 Å². The fourth-order valence-electron chi connectivity index (χ4n) is 0.813. The highest BCUT2D eigenvalue weighted by atomic mass is 14.2. The predicted octanol–water partition coefficient (Wildman–Crippen LogP) is 2.28. The lowest BCUT2D eigenvalue weighted by Crippen LogP contribution is -1.73. The molecule has 1 rings (SSSR count). The first kappa shape index (κ1) is 5.14. The van der Waals surface area contributed by atoms with Crippen LogP contribution >= 0.6 is 0 Å². The normalized spacial score (nSPS) is 20.1. The van der Waals surface area contributed by atoms with E-state index in [2.05, 4.69) is 0 Å². The van der Waals surface area contributed by atoms with Gasteiger partial charge < -0.3 is 0 Å². The Labute approximate surface area is 45.9 Å². The number of unbranched alkanes of at least 4 members (excludes halogenated alkanes) is 1. The average Bonchev–Trinajstić information content (AvgIpc) is 2.42. The monoisotopic (exact) mass is 96.1 g/mol. The summed E-state index contributed by atoms with van der Waals surface area (Å²) in [5.41, 5.74) is 0. The highest BCUT2D eigenvalue weighted by molar-refractivity contribution is 4.72. The molecular formula is C7H12. The fourth-order valence-corrected chi connectivity index (χ4v) is 0.813. The van der Waals surface area contributed by atoms with Gasteiger partial charge in [0.2, 0.25) is 0 Å². The second-order valence-electron chi connectivity index (χ2n) is 2.37. The zero-order valence-corrected chi connectivity index (χ0v) is 4.69. The summed E-state index contributed by atoms with van der Waals surface area (Å²) in [5, 5.41) is 0. The number of rotatable bonds is 3. The summed E-state index contributed by atoms with van der Waals surface area (Å²) in [6, 6.07) is 0. The van der Waals surface area contributed by atoms with Crippen molar-refractivity contribution in [3.63, 3.8) is 0 Å².